The van der Waals surface area contributed by atoms with Gasteiger partial charge in [-0.15, -0.1) is 0 Å². The Bertz CT molecular complexity index is 733. The second-order valence-corrected chi connectivity index (χ2v) is 6.70. The SMILES string of the molecule is O=C(Cc1ccccc1Cl)NCC(c1ccc(F)cc1)N1CCOCC1. The minimum absolute atomic E-state index is 0.0188. The molecule has 1 unspecified atom stereocenters. The molecule has 6 heteroatoms. The van der Waals surface area contributed by atoms with Gasteiger partial charge in [0, 0.05) is 24.7 Å². The highest BCUT2D eigenvalue weighted by atomic mass is 35.5. The average Bonchev–Trinajstić information content (AvgIpc) is 2.66. The van der Waals surface area contributed by atoms with Gasteiger partial charge in [-0.05, 0) is 29.3 Å². The zero-order valence-corrected chi connectivity index (χ0v) is 15.2. The van der Waals surface area contributed by atoms with Crippen LogP contribution in [0.3, 0.4) is 0 Å². The number of carbonyl (C=O) groups excluding carboxylic acids is 1. The molecule has 2 aromatic rings. The number of hydrogen-bond donors (Lipinski definition) is 1. The summed E-state index contributed by atoms with van der Waals surface area (Å²) >= 11 is 6.13. The largest absolute Gasteiger partial charge is 0.379 e. The van der Waals surface area contributed by atoms with Crippen LogP contribution < -0.4 is 5.32 Å². The summed E-state index contributed by atoms with van der Waals surface area (Å²) in [7, 11) is 0. The molecule has 0 aliphatic carbocycles. The summed E-state index contributed by atoms with van der Waals surface area (Å²) in [4.78, 5) is 14.6. The molecule has 1 fully saturated rings. The Balaban J connectivity index is 1.66. The highest BCUT2D eigenvalue weighted by Crippen LogP contribution is 2.22. The molecule has 4 nitrogen and oxygen atoms in total. The number of rotatable bonds is 6. The van der Waals surface area contributed by atoms with E-state index in [2.05, 4.69) is 10.2 Å². The van der Waals surface area contributed by atoms with Gasteiger partial charge in [-0.1, -0.05) is 41.9 Å². The lowest BCUT2D eigenvalue weighted by Crippen LogP contribution is -2.44. The first kappa shape index (κ1) is 18.8. The predicted octanol–water partition coefficient (Wildman–Crippen LogP) is 3.21. The lowest BCUT2D eigenvalue weighted by molar-refractivity contribution is -0.120. The number of halogens is 2. The second kappa shape index (κ2) is 9.12. The summed E-state index contributed by atoms with van der Waals surface area (Å²) in [5, 5.41) is 3.58. The maximum absolute atomic E-state index is 13.3. The average molecular weight is 377 g/mol. The van der Waals surface area contributed by atoms with E-state index in [1.54, 1.807) is 18.2 Å². The fourth-order valence-corrected chi connectivity index (χ4v) is 3.32. The van der Waals surface area contributed by atoms with Crippen molar-refractivity contribution in [1.82, 2.24) is 10.2 Å². The molecule has 0 radical (unpaired) electrons. The van der Waals surface area contributed by atoms with Crippen molar-refractivity contribution in [2.24, 2.45) is 0 Å². The molecule has 3 rings (SSSR count). The molecule has 1 aliphatic rings. The van der Waals surface area contributed by atoms with E-state index in [0.717, 1.165) is 24.2 Å². The molecule has 1 atom stereocenters. The zero-order chi connectivity index (χ0) is 18.4. The summed E-state index contributed by atoms with van der Waals surface area (Å²) in [6.07, 6.45) is 0.235. The van der Waals surface area contributed by atoms with Gasteiger partial charge >= 0.3 is 0 Å². The Labute approximate surface area is 157 Å². The van der Waals surface area contributed by atoms with E-state index in [0.29, 0.717) is 24.8 Å². The fourth-order valence-electron chi connectivity index (χ4n) is 3.12. The van der Waals surface area contributed by atoms with Gasteiger partial charge in [-0.25, -0.2) is 4.39 Å². The molecular formula is C20H22ClFN2O2. The standard InChI is InChI=1S/C20H22ClFN2O2/c21-18-4-2-1-3-16(18)13-20(25)23-14-19(24-9-11-26-12-10-24)15-5-7-17(22)8-6-15/h1-8,19H,9-14H2,(H,23,25). The van der Waals surface area contributed by atoms with Crippen molar-refractivity contribution >= 4 is 17.5 Å². The second-order valence-electron chi connectivity index (χ2n) is 6.29. The maximum Gasteiger partial charge on any atom is 0.224 e. The van der Waals surface area contributed by atoms with Crippen molar-refractivity contribution in [1.29, 1.82) is 0 Å². The van der Waals surface area contributed by atoms with Crippen molar-refractivity contribution in [3.8, 4) is 0 Å². The molecule has 0 saturated carbocycles. The first-order valence-corrected chi connectivity index (χ1v) is 9.08. The van der Waals surface area contributed by atoms with Gasteiger partial charge in [0.1, 0.15) is 5.82 Å². The molecule has 1 saturated heterocycles. The van der Waals surface area contributed by atoms with Gasteiger partial charge in [-0.2, -0.15) is 0 Å². The van der Waals surface area contributed by atoms with E-state index < -0.39 is 0 Å². The van der Waals surface area contributed by atoms with Crippen LogP contribution in [0.4, 0.5) is 4.39 Å². The third-order valence-electron chi connectivity index (χ3n) is 4.54. The summed E-state index contributed by atoms with van der Waals surface area (Å²) in [5.74, 6) is -0.351. The van der Waals surface area contributed by atoms with Crippen LogP contribution in [0.25, 0.3) is 0 Å². The van der Waals surface area contributed by atoms with Crippen LogP contribution in [0.5, 0.6) is 0 Å². The first-order chi connectivity index (χ1) is 12.6. The smallest absolute Gasteiger partial charge is 0.224 e. The molecule has 138 valence electrons. The minimum Gasteiger partial charge on any atom is -0.379 e. The van der Waals surface area contributed by atoms with Crippen molar-refractivity contribution in [3.63, 3.8) is 0 Å². The first-order valence-electron chi connectivity index (χ1n) is 8.71. The fraction of sp³-hybridized carbons (Fsp3) is 0.350. The predicted molar refractivity (Wildman–Crippen MR) is 99.7 cm³/mol. The third-order valence-corrected chi connectivity index (χ3v) is 4.91. The number of ether oxygens (including phenoxy) is 1. The summed E-state index contributed by atoms with van der Waals surface area (Å²) in [5.41, 5.74) is 1.78. The van der Waals surface area contributed by atoms with Crippen LogP contribution in [-0.2, 0) is 16.0 Å². The van der Waals surface area contributed by atoms with Crippen LogP contribution in [0.1, 0.15) is 17.2 Å². The molecule has 1 heterocycles. The van der Waals surface area contributed by atoms with Crippen molar-refractivity contribution < 1.29 is 13.9 Å². The number of nitrogens with zero attached hydrogens (tertiary/aromatic N) is 1. The van der Waals surface area contributed by atoms with Crippen LogP contribution in [-0.4, -0.2) is 43.7 Å². The Morgan fingerprint density at radius 2 is 1.85 bits per heavy atom. The maximum atomic E-state index is 13.3. The van der Waals surface area contributed by atoms with Crippen molar-refractivity contribution in [3.05, 3.63) is 70.5 Å². The van der Waals surface area contributed by atoms with Crippen molar-refractivity contribution in [2.75, 3.05) is 32.8 Å². The van der Waals surface area contributed by atoms with E-state index in [1.165, 1.54) is 12.1 Å². The molecule has 0 aromatic heterocycles. The van der Waals surface area contributed by atoms with Gasteiger partial charge < -0.3 is 10.1 Å². The van der Waals surface area contributed by atoms with Gasteiger partial charge in [0.25, 0.3) is 0 Å². The lowest BCUT2D eigenvalue weighted by Gasteiger charge is -2.35. The number of carbonyl (C=O) groups is 1. The Kier molecular flexibility index (Phi) is 6.61. The number of morpholine rings is 1. The summed E-state index contributed by atoms with van der Waals surface area (Å²) in [6.45, 7) is 3.33. The molecule has 0 spiro atoms. The molecule has 1 aliphatic heterocycles. The van der Waals surface area contributed by atoms with Crippen LogP contribution in [0.15, 0.2) is 48.5 Å². The lowest BCUT2D eigenvalue weighted by atomic mass is 10.0. The number of benzene rings is 2. The van der Waals surface area contributed by atoms with E-state index in [1.807, 2.05) is 18.2 Å². The monoisotopic (exact) mass is 376 g/mol. The van der Waals surface area contributed by atoms with E-state index in [4.69, 9.17) is 16.3 Å². The molecule has 1 amide bonds. The topological polar surface area (TPSA) is 41.6 Å². The van der Waals surface area contributed by atoms with Crippen LogP contribution >= 0.6 is 11.6 Å². The normalized spacial score (nSPS) is 16.2. The van der Waals surface area contributed by atoms with Gasteiger partial charge in [0.15, 0.2) is 0 Å². The highest BCUT2D eigenvalue weighted by molar-refractivity contribution is 6.31. The van der Waals surface area contributed by atoms with E-state index in [-0.39, 0.29) is 24.2 Å². The van der Waals surface area contributed by atoms with Gasteiger partial charge in [0.2, 0.25) is 5.91 Å². The zero-order valence-electron chi connectivity index (χ0n) is 14.5. The number of amides is 1. The third kappa shape index (κ3) is 5.04. The molecule has 2 aromatic carbocycles. The van der Waals surface area contributed by atoms with Crippen LogP contribution in [0.2, 0.25) is 5.02 Å². The molecule has 1 N–H and O–H groups in total. The summed E-state index contributed by atoms with van der Waals surface area (Å²) in [6, 6.07) is 13.8. The summed E-state index contributed by atoms with van der Waals surface area (Å²) < 4.78 is 18.7. The molecule has 0 bridgehead atoms. The van der Waals surface area contributed by atoms with Gasteiger partial charge in [-0.3, -0.25) is 9.69 Å². The molecular weight excluding hydrogens is 355 g/mol. The molecule has 26 heavy (non-hydrogen) atoms. The highest BCUT2D eigenvalue weighted by Gasteiger charge is 2.23. The number of nitrogens with one attached hydrogen (secondary N) is 1. The van der Waals surface area contributed by atoms with E-state index in [9.17, 15) is 9.18 Å². The van der Waals surface area contributed by atoms with E-state index >= 15 is 0 Å². The Morgan fingerprint density at radius 1 is 1.15 bits per heavy atom. The quantitative estimate of drug-likeness (QED) is 0.841. The van der Waals surface area contributed by atoms with Crippen molar-refractivity contribution in [2.45, 2.75) is 12.5 Å². The Hall–Kier alpha value is -1.95. The van der Waals surface area contributed by atoms with Gasteiger partial charge in [0.05, 0.1) is 25.7 Å². The minimum atomic E-state index is -0.266. The Morgan fingerprint density at radius 3 is 2.54 bits per heavy atom. The number of hydrogen-bond acceptors (Lipinski definition) is 3. The van der Waals surface area contributed by atoms with Crippen LogP contribution in [0, 0.1) is 5.82 Å².